The molecule has 0 fully saturated rings. The maximum atomic E-state index is 13.9. The summed E-state index contributed by atoms with van der Waals surface area (Å²) in [6, 6.07) is 11.6. The lowest BCUT2D eigenvalue weighted by Gasteiger charge is -2.05. The van der Waals surface area contributed by atoms with E-state index in [9.17, 15) is 14.5 Å². The van der Waals surface area contributed by atoms with Crippen LogP contribution in [0.1, 0.15) is 11.5 Å². The van der Waals surface area contributed by atoms with Gasteiger partial charge in [-0.05, 0) is 17.0 Å². The van der Waals surface area contributed by atoms with E-state index in [0.29, 0.717) is 23.4 Å². The fraction of sp³-hybridized carbons (Fsp3) is 0.0588. The number of H-pyrrole nitrogens is 1. The molecule has 0 aliphatic rings. The molecule has 2 aromatic heterocycles. The van der Waals surface area contributed by atoms with Crippen LogP contribution in [0.3, 0.4) is 0 Å². The zero-order valence-electron chi connectivity index (χ0n) is 12.8. The number of halogens is 1. The molecule has 0 atom stereocenters. The van der Waals surface area contributed by atoms with E-state index in [1.165, 1.54) is 18.3 Å². The van der Waals surface area contributed by atoms with Crippen LogP contribution in [0, 0.1) is 15.9 Å². The number of aromatic nitrogens is 3. The van der Waals surface area contributed by atoms with Crippen molar-refractivity contribution >= 4 is 16.5 Å². The van der Waals surface area contributed by atoms with E-state index in [0.717, 1.165) is 10.9 Å². The maximum Gasteiger partial charge on any atom is 0.287 e. The Labute approximate surface area is 140 Å². The highest BCUT2D eigenvalue weighted by molar-refractivity contribution is 5.86. The van der Waals surface area contributed by atoms with Gasteiger partial charge in [0.15, 0.2) is 0 Å². The average molecular weight is 338 g/mol. The standard InChI is InChI=1S/C17H11FN4O3/c18-14-6-5-10(12-3-1-2-4-13(12)14)7-16-20-21-17(25-16)15-8-11(9-19-15)22(23)24/h1-6,8-9,19H,7H2. The van der Waals surface area contributed by atoms with Crippen LogP contribution in [0.25, 0.3) is 22.4 Å². The second-order valence-corrected chi connectivity index (χ2v) is 5.46. The molecule has 0 radical (unpaired) electrons. The van der Waals surface area contributed by atoms with Crippen molar-refractivity contribution in [2.24, 2.45) is 0 Å². The van der Waals surface area contributed by atoms with Gasteiger partial charge in [-0.25, -0.2) is 4.39 Å². The van der Waals surface area contributed by atoms with Crippen molar-refractivity contribution in [1.29, 1.82) is 0 Å². The molecule has 1 N–H and O–H groups in total. The SMILES string of the molecule is O=[N+]([O-])c1c[nH]c(-c2nnc(Cc3ccc(F)c4ccccc34)o2)c1. The van der Waals surface area contributed by atoms with Gasteiger partial charge in [0, 0.05) is 11.5 Å². The summed E-state index contributed by atoms with van der Waals surface area (Å²) in [5.74, 6) is 0.211. The number of nitrogens with zero attached hydrogens (tertiary/aromatic N) is 3. The summed E-state index contributed by atoms with van der Waals surface area (Å²) in [6.07, 6.45) is 1.59. The lowest BCUT2D eigenvalue weighted by Crippen LogP contribution is -1.92. The summed E-state index contributed by atoms with van der Waals surface area (Å²) in [5.41, 5.74) is 1.14. The Morgan fingerprint density at radius 3 is 2.72 bits per heavy atom. The molecular formula is C17H11FN4O3. The van der Waals surface area contributed by atoms with Crippen LogP contribution in [0.5, 0.6) is 0 Å². The molecule has 0 aliphatic heterocycles. The van der Waals surface area contributed by atoms with E-state index in [-0.39, 0.29) is 17.4 Å². The summed E-state index contributed by atoms with van der Waals surface area (Å²) in [6.45, 7) is 0. The van der Waals surface area contributed by atoms with Gasteiger partial charge < -0.3 is 9.40 Å². The predicted octanol–water partition coefficient (Wildman–Crippen LogP) is 3.86. The molecule has 0 saturated heterocycles. The first-order chi connectivity index (χ1) is 12.1. The highest BCUT2D eigenvalue weighted by Gasteiger charge is 2.16. The first-order valence-corrected chi connectivity index (χ1v) is 7.43. The van der Waals surface area contributed by atoms with E-state index >= 15 is 0 Å². The molecule has 8 heteroatoms. The average Bonchev–Trinajstić information content (AvgIpc) is 3.27. The van der Waals surface area contributed by atoms with Crippen LogP contribution in [0.4, 0.5) is 10.1 Å². The van der Waals surface area contributed by atoms with Crippen LogP contribution in [0.15, 0.2) is 53.1 Å². The van der Waals surface area contributed by atoms with Crippen molar-refractivity contribution in [2.45, 2.75) is 6.42 Å². The van der Waals surface area contributed by atoms with Crippen LogP contribution < -0.4 is 0 Å². The molecule has 2 heterocycles. The van der Waals surface area contributed by atoms with E-state index in [1.807, 2.05) is 12.1 Å². The molecule has 0 saturated carbocycles. The van der Waals surface area contributed by atoms with Gasteiger partial charge in [0.25, 0.3) is 11.6 Å². The number of hydrogen-bond donors (Lipinski definition) is 1. The number of nitro groups is 1. The van der Waals surface area contributed by atoms with Gasteiger partial charge in [-0.1, -0.05) is 30.3 Å². The molecule has 0 unspecified atom stereocenters. The first kappa shape index (κ1) is 15.0. The predicted molar refractivity (Wildman–Crippen MR) is 87.5 cm³/mol. The third-order valence-corrected chi connectivity index (χ3v) is 3.88. The Morgan fingerprint density at radius 1 is 1.16 bits per heavy atom. The van der Waals surface area contributed by atoms with Gasteiger partial charge in [0.1, 0.15) is 11.5 Å². The Morgan fingerprint density at radius 2 is 1.96 bits per heavy atom. The number of rotatable bonds is 4. The van der Waals surface area contributed by atoms with Crippen LogP contribution in [-0.4, -0.2) is 20.1 Å². The van der Waals surface area contributed by atoms with Gasteiger partial charge in [-0.15, -0.1) is 10.2 Å². The van der Waals surface area contributed by atoms with Crippen molar-refractivity contribution in [3.05, 3.63) is 76.0 Å². The van der Waals surface area contributed by atoms with Crippen LogP contribution in [0.2, 0.25) is 0 Å². The molecule has 2 aromatic carbocycles. The third kappa shape index (κ3) is 2.74. The molecule has 0 aliphatic carbocycles. The summed E-state index contributed by atoms with van der Waals surface area (Å²) in [4.78, 5) is 13.0. The molecule has 0 spiro atoms. The monoisotopic (exact) mass is 338 g/mol. The summed E-state index contributed by atoms with van der Waals surface area (Å²) < 4.78 is 19.5. The van der Waals surface area contributed by atoms with Gasteiger partial charge in [-0.3, -0.25) is 10.1 Å². The van der Waals surface area contributed by atoms with Crippen LogP contribution in [-0.2, 0) is 6.42 Å². The second-order valence-electron chi connectivity index (χ2n) is 5.46. The minimum atomic E-state index is -0.512. The zero-order valence-corrected chi connectivity index (χ0v) is 12.8. The molecule has 0 amide bonds. The largest absolute Gasteiger partial charge is 0.419 e. The zero-order chi connectivity index (χ0) is 17.4. The molecular weight excluding hydrogens is 327 g/mol. The fourth-order valence-corrected chi connectivity index (χ4v) is 2.69. The molecule has 7 nitrogen and oxygen atoms in total. The van der Waals surface area contributed by atoms with Gasteiger partial charge in [-0.2, -0.15) is 0 Å². The number of benzene rings is 2. The van der Waals surface area contributed by atoms with Gasteiger partial charge in [0.05, 0.1) is 17.5 Å². The normalized spacial score (nSPS) is 11.1. The molecule has 0 bridgehead atoms. The number of nitrogens with one attached hydrogen (secondary N) is 1. The third-order valence-electron chi connectivity index (χ3n) is 3.88. The lowest BCUT2D eigenvalue weighted by molar-refractivity contribution is -0.384. The fourth-order valence-electron chi connectivity index (χ4n) is 2.69. The Hall–Kier alpha value is -3.55. The summed E-state index contributed by atoms with van der Waals surface area (Å²) in [7, 11) is 0. The maximum absolute atomic E-state index is 13.9. The van der Waals surface area contributed by atoms with Gasteiger partial charge >= 0.3 is 0 Å². The number of aromatic amines is 1. The highest BCUT2D eigenvalue weighted by Crippen LogP contribution is 2.26. The molecule has 4 aromatic rings. The number of hydrogen-bond acceptors (Lipinski definition) is 5. The van der Waals surface area contributed by atoms with Crippen molar-refractivity contribution in [3.8, 4) is 11.6 Å². The van der Waals surface area contributed by atoms with E-state index in [2.05, 4.69) is 15.2 Å². The van der Waals surface area contributed by atoms with E-state index < -0.39 is 4.92 Å². The molecule has 4 rings (SSSR count). The quantitative estimate of drug-likeness (QED) is 0.450. The summed E-state index contributed by atoms with van der Waals surface area (Å²) >= 11 is 0. The minimum Gasteiger partial charge on any atom is -0.419 e. The highest BCUT2D eigenvalue weighted by atomic mass is 19.1. The van der Waals surface area contributed by atoms with Crippen LogP contribution >= 0.6 is 0 Å². The second kappa shape index (κ2) is 5.82. The molecule has 124 valence electrons. The smallest absolute Gasteiger partial charge is 0.287 e. The minimum absolute atomic E-state index is 0.0840. The Bertz CT molecular complexity index is 1090. The topological polar surface area (TPSA) is 97.8 Å². The number of fused-ring (bicyclic) bond motifs is 1. The van der Waals surface area contributed by atoms with E-state index in [1.54, 1.807) is 18.2 Å². The first-order valence-electron chi connectivity index (χ1n) is 7.43. The molecule has 25 heavy (non-hydrogen) atoms. The van der Waals surface area contributed by atoms with Crippen molar-refractivity contribution < 1.29 is 13.7 Å². The van der Waals surface area contributed by atoms with Crippen molar-refractivity contribution in [1.82, 2.24) is 15.2 Å². The van der Waals surface area contributed by atoms with Gasteiger partial charge in [0.2, 0.25) is 5.89 Å². The van der Waals surface area contributed by atoms with E-state index in [4.69, 9.17) is 4.42 Å². The summed E-state index contributed by atoms with van der Waals surface area (Å²) in [5, 5.41) is 19.9. The lowest BCUT2D eigenvalue weighted by atomic mass is 10.0. The van der Waals surface area contributed by atoms with Crippen molar-refractivity contribution in [2.75, 3.05) is 0 Å². The Kier molecular flexibility index (Phi) is 3.50. The van der Waals surface area contributed by atoms with Crippen molar-refractivity contribution in [3.63, 3.8) is 0 Å². The Balaban J connectivity index is 1.65.